The number of nitrogens with zero attached hydrogens (tertiary/aromatic N) is 1. The van der Waals surface area contributed by atoms with Gasteiger partial charge >= 0.3 is 6.03 Å². The molecule has 3 amide bonds. The lowest BCUT2D eigenvalue weighted by atomic mass is 10.2. The maximum absolute atomic E-state index is 14.0. The number of aromatic nitrogens is 1. The number of amides is 3. The number of carbonyl (C=O) groups is 2. The molecule has 2 aromatic carbocycles. The summed E-state index contributed by atoms with van der Waals surface area (Å²) in [6.07, 6.45) is 3.05. The SMILES string of the molecule is O=C(NCc1ccco1)Nc1ccc(NC(=O)c2cccnc2Nc2ccccc2F)cc1. The van der Waals surface area contributed by atoms with Gasteiger partial charge in [0.05, 0.1) is 24.1 Å². The lowest BCUT2D eigenvalue weighted by molar-refractivity contribution is 0.102. The minimum Gasteiger partial charge on any atom is -0.467 e. The third-order valence-electron chi connectivity index (χ3n) is 4.58. The second-order valence-electron chi connectivity index (χ2n) is 6.92. The van der Waals surface area contributed by atoms with Crippen LogP contribution in [0.15, 0.2) is 89.7 Å². The molecular weight excluding hydrogens is 425 g/mol. The molecule has 0 unspecified atom stereocenters. The molecule has 0 aliphatic rings. The van der Waals surface area contributed by atoms with Crippen LogP contribution in [0.5, 0.6) is 0 Å². The molecule has 4 rings (SSSR count). The van der Waals surface area contributed by atoms with E-state index in [-0.39, 0.29) is 29.6 Å². The van der Waals surface area contributed by atoms with Gasteiger partial charge in [0.2, 0.25) is 0 Å². The predicted octanol–water partition coefficient (Wildman–Crippen LogP) is 5.13. The molecule has 33 heavy (non-hydrogen) atoms. The molecule has 0 spiro atoms. The van der Waals surface area contributed by atoms with Crippen molar-refractivity contribution >= 4 is 34.8 Å². The highest BCUT2D eigenvalue weighted by atomic mass is 19.1. The molecule has 0 atom stereocenters. The number of hydrogen-bond acceptors (Lipinski definition) is 5. The van der Waals surface area contributed by atoms with Gasteiger partial charge < -0.3 is 25.7 Å². The predicted molar refractivity (Wildman–Crippen MR) is 123 cm³/mol. The average Bonchev–Trinajstić information content (AvgIpc) is 3.35. The number of pyridine rings is 1. The van der Waals surface area contributed by atoms with E-state index >= 15 is 0 Å². The van der Waals surface area contributed by atoms with Crippen molar-refractivity contribution in [2.45, 2.75) is 6.54 Å². The van der Waals surface area contributed by atoms with Crippen LogP contribution in [0.1, 0.15) is 16.1 Å². The van der Waals surface area contributed by atoms with Crippen molar-refractivity contribution in [3.8, 4) is 0 Å². The third kappa shape index (κ3) is 5.73. The summed E-state index contributed by atoms with van der Waals surface area (Å²) in [6.45, 7) is 0.265. The van der Waals surface area contributed by atoms with Gasteiger partial charge in [-0.25, -0.2) is 14.2 Å². The van der Waals surface area contributed by atoms with Gasteiger partial charge in [-0.2, -0.15) is 0 Å². The Hall–Kier alpha value is -4.66. The number of urea groups is 1. The molecule has 9 heteroatoms. The summed E-state index contributed by atoms with van der Waals surface area (Å²) in [6, 6.07) is 19.1. The van der Waals surface area contributed by atoms with E-state index in [1.807, 2.05) is 0 Å². The molecule has 0 saturated heterocycles. The van der Waals surface area contributed by atoms with Crippen LogP contribution in [-0.4, -0.2) is 16.9 Å². The van der Waals surface area contributed by atoms with E-state index in [9.17, 15) is 14.0 Å². The fraction of sp³-hybridized carbons (Fsp3) is 0.0417. The van der Waals surface area contributed by atoms with Crippen LogP contribution >= 0.6 is 0 Å². The van der Waals surface area contributed by atoms with E-state index in [1.54, 1.807) is 66.7 Å². The van der Waals surface area contributed by atoms with E-state index < -0.39 is 11.7 Å². The topological polar surface area (TPSA) is 108 Å². The summed E-state index contributed by atoms with van der Waals surface area (Å²) in [5.41, 5.74) is 1.53. The first kappa shape index (κ1) is 21.6. The fourth-order valence-electron chi connectivity index (χ4n) is 2.97. The van der Waals surface area contributed by atoms with Gasteiger partial charge in [-0.1, -0.05) is 12.1 Å². The van der Waals surface area contributed by atoms with Gasteiger partial charge in [-0.15, -0.1) is 0 Å². The number of benzene rings is 2. The zero-order chi connectivity index (χ0) is 23.0. The highest BCUT2D eigenvalue weighted by molar-refractivity contribution is 6.07. The number of para-hydroxylation sites is 1. The largest absolute Gasteiger partial charge is 0.467 e. The summed E-state index contributed by atoms with van der Waals surface area (Å²) < 4.78 is 19.1. The van der Waals surface area contributed by atoms with E-state index in [0.29, 0.717) is 17.1 Å². The normalized spacial score (nSPS) is 10.3. The Morgan fingerprint density at radius 2 is 1.64 bits per heavy atom. The average molecular weight is 445 g/mol. The zero-order valence-corrected chi connectivity index (χ0v) is 17.3. The summed E-state index contributed by atoms with van der Waals surface area (Å²) in [7, 11) is 0. The van der Waals surface area contributed by atoms with Gasteiger partial charge in [-0.05, 0) is 60.7 Å². The maximum Gasteiger partial charge on any atom is 0.319 e. The molecule has 4 aromatic rings. The standard InChI is InChI=1S/C24H20FN5O3/c25-20-7-1-2-8-21(20)30-22-19(6-3-13-26-22)23(31)28-16-9-11-17(12-10-16)29-24(32)27-15-18-5-4-14-33-18/h1-14H,15H2,(H,26,30)(H,28,31)(H2,27,29,32). The van der Waals surface area contributed by atoms with Gasteiger partial charge in [0.1, 0.15) is 17.4 Å². The maximum atomic E-state index is 14.0. The Morgan fingerprint density at radius 1 is 0.879 bits per heavy atom. The minimum atomic E-state index is -0.453. The van der Waals surface area contributed by atoms with Crippen LogP contribution in [0, 0.1) is 5.82 Å². The van der Waals surface area contributed by atoms with Crippen LogP contribution in [0.4, 0.5) is 32.1 Å². The Kier molecular flexibility index (Phi) is 6.60. The number of rotatable bonds is 7. The summed E-state index contributed by atoms with van der Waals surface area (Å²) in [4.78, 5) is 29.0. The van der Waals surface area contributed by atoms with E-state index in [4.69, 9.17) is 4.42 Å². The number of furan rings is 1. The summed E-state index contributed by atoms with van der Waals surface area (Å²) in [5, 5.41) is 11.0. The summed E-state index contributed by atoms with van der Waals surface area (Å²) in [5.74, 6) is -0.00118. The molecule has 2 heterocycles. The minimum absolute atomic E-state index is 0.214. The van der Waals surface area contributed by atoms with Crippen LogP contribution in [0.3, 0.4) is 0 Å². The Balaban J connectivity index is 1.37. The van der Waals surface area contributed by atoms with Crippen LogP contribution < -0.4 is 21.3 Å². The van der Waals surface area contributed by atoms with Gasteiger partial charge in [0.15, 0.2) is 0 Å². The Morgan fingerprint density at radius 3 is 2.36 bits per heavy atom. The molecule has 0 aliphatic carbocycles. The lowest BCUT2D eigenvalue weighted by Gasteiger charge is -2.12. The molecule has 0 fully saturated rings. The first-order chi connectivity index (χ1) is 16.1. The van der Waals surface area contributed by atoms with Crippen molar-refractivity contribution in [1.29, 1.82) is 0 Å². The molecule has 0 aliphatic heterocycles. The van der Waals surface area contributed by atoms with Gasteiger partial charge in [0, 0.05) is 17.6 Å². The first-order valence-electron chi connectivity index (χ1n) is 10.0. The second kappa shape index (κ2) is 10.1. The van der Waals surface area contributed by atoms with Crippen molar-refractivity contribution in [2.24, 2.45) is 0 Å². The molecular formula is C24H20FN5O3. The zero-order valence-electron chi connectivity index (χ0n) is 17.3. The summed E-state index contributed by atoms with van der Waals surface area (Å²) >= 11 is 0. The van der Waals surface area contributed by atoms with Crippen LogP contribution in [-0.2, 0) is 6.54 Å². The number of nitrogens with one attached hydrogen (secondary N) is 4. The highest BCUT2D eigenvalue weighted by Crippen LogP contribution is 2.22. The quantitative estimate of drug-likeness (QED) is 0.315. The molecule has 0 bridgehead atoms. The lowest BCUT2D eigenvalue weighted by Crippen LogP contribution is -2.27. The number of carbonyl (C=O) groups excluding carboxylic acids is 2. The Labute approximate surface area is 188 Å². The van der Waals surface area contributed by atoms with Crippen LogP contribution in [0.25, 0.3) is 0 Å². The smallest absolute Gasteiger partial charge is 0.319 e. The Bertz CT molecular complexity index is 1240. The molecule has 4 N–H and O–H groups in total. The number of hydrogen-bond donors (Lipinski definition) is 4. The highest BCUT2D eigenvalue weighted by Gasteiger charge is 2.14. The first-order valence-corrected chi connectivity index (χ1v) is 10.0. The number of halogens is 1. The van der Waals surface area contributed by atoms with Crippen molar-refractivity contribution < 1.29 is 18.4 Å². The molecule has 0 radical (unpaired) electrons. The molecule has 0 saturated carbocycles. The van der Waals surface area contributed by atoms with Crippen molar-refractivity contribution in [3.63, 3.8) is 0 Å². The van der Waals surface area contributed by atoms with Gasteiger partial charge in [-0.3, -0.25) is 4.79 Å². The molecule has 2 aromatic heterocycles. The van der Waals surface area contributed by atoms with E-state index in [0.717, 1.165) is 0 Å². The van der Waals surface area contributed by atoms with Crippen molar-refractivity contribution in [3.05, 3.63) is 102 Å². The van der Waals surface area contributed by atoms with Crippen LogP contribution in [0.2, 0.25) is 0 Å². The fourth-order valence-corrected chi connectivity index (χ4v) is 2.97. The van der Waals surface area contributed by atoms with Gasteiger partial charge in [0.25, 0.3) is 5.91 Å². The van der Waals surface area contributed by atoms with E-state index in [1.165, 1.54) is 18.5 Å². The monoisotopic (exact) mass is 445 g/mol. The van der Waals surface area contributed by atoms with Crippen molar-refractivity contribution in [2.75, 3.05) is 16.0 Å². The molecule has 166 valence electrons. The second-order valence-corrected chi connectivity index (χ2v) is 6.92. The van der Waals surface area contributed by atoms with E-state index in [2.05, 4.69) is 26.3 Å². The third-order valence-corrected chi connectivity index (χ3v) is 4.58. The molecule has 8 nitrogen and oxygen atoms in total. The van der Waals surface area contributed by atoms with Crippen molar-refractivity contribution in [1.82, 2.24) is 10.3 Å². The number of anilines is 4.